The molecule has 1 aromatic rings. The predicted octanol–water partition coefficient (Wildman–Crippen LogP) is 2.64. The second kappa shape index (κ2) is 9.41. The standard InChI is InChI=1S/C22H33N3O3/c1-4-23-21(26)19-15-24(2)12-13-25(19)22(27)17-10-11-20(28-3)18(14-17)16-8-6-5-7-9-16/h10-11,14,16,19H,4-9,12-13,15H2,1-3H3,(H,23,26). The third kappa shape index (κ3) is 4.49. The molecule has 2 fully saturated rings. The van der Waals surface area contributed by atoms with Crippen LogP contribution >= 0.6 is 0 Å². The first-order chi connectivity index (χ1) is 13.5. The van der Waals surface area contributed by atoms with Gasteiger partial charge in [-0.25, -0.2) is 0 Å². The molecule has 1 heterocycles. The van der Waals surface area contributed by atoms with Gasteiger partial charge in [0.2, 0.25) is 5.91 Å². The second-order valence-corrected chi connectivity index (χ2v) is 7.96. The lowest BCUT2D eigenvalue weighted by atomic mass is 9.83. The number of benzene rings is 1. The Bertz CT molecular complexity index is 700. The topological polar surface area (TPSA) is 61.9 Å². The van der Waals surface area contributed by atoms with Crippen LogP contribution in [0.25, 0.3) is 0 Å². The van der Waals surface area contributed by atoms with Crippen LogP contribution in [0.2, 0.25) is 0 Å². The molecule has 6 nitrogen and oxygen atoms in total. The smallest absolute Gasteiger partial charge is 0.254 e. The Balaban J connectivity index is 1.86. The van der Waals surface area contributed by atoms with Gasteiger partial charge in [-0.3, -0.25) is 9.59 Å². The minimum atomic E-state index is -0.452. The molecule has 1 aliphatic heterocycles. The molecule has 1 N–H and O–H groups in total. The van der Waals surface area contributed by atoms with Gasteiger partial charge < -0.3 is 19.9 Å². The molecular formula is C22H33N3O3. The van der Waals surface area contributed by atoms with Crippen LogP contribution in [0.5, 0.6) is 5.75 Å². The Morgan fingerprint density at radius 2 is 1.93 bits per heavy atom. The number of amides is 2. The molecule has 0 radical (unpaired) electrons. The molecule has 2 aliphatic rings. The van der Waals surface area contributed by atoms with E-state index in [1.165, 1.54) is 19.3 Å². The Labute approximate surface area is 168 Å². The minimum absolute atomic E-state index is 0.0657. The summed E-state index contributed by atoms with van der Waals surface area (Å²) in [5, 5.41) is 2.87. The summed E-state index contributed by atoms with van der Waals surface area (Å²) in [6, 6.07) is 5.30. The molecule has 1 aliphatic carbocycles. The van der Waals surface area contributed by atoms with Crippen molar-refractivity contribution in [3.05, 3.63) is 29.3 Å². The second-order valence-electron chi connectivity index (χ2n) is 7.96. The number of nitrogens with one attached hydrogen (secondary N) is 1. The summed E-state index contributed by atoms with van der Waals surface area (Å²) in [5.74, 6) is 1.16. The maximum atomic E-state index is 13.3. The van der Waals surface area contributed by atoms with Gasteiger partial charge in [0.25, 0.3) is 5.91 Å². The van der Waals surface area contributed by atoms with Crippen molar-refractivity contribution in [3.8, 4) is 5.75 Å². The van der Waals surface area contributed by atoms with Crippen molar-refractivity contribution in [2.24, 2.45) is 0 Å². The zero-order valence-corrected chi connectivity index (χ0v) is 17.4. The SMILES string of the molecule is CCNC(=O)C1CN(C)CCN1C(=O)c1ccc(OC)c(C2CCCCC2)c1. The molecule has 2 amide bonds. The maximum Gasteiger partial charge on any atom is 0.254 e. The lowest BCUT2D eigenvalue weighted by molar-refractivity contribution is -0.127. The Kier molecular flexibility index (Phi) is 6.94. The molecule has 0 aromatic heterocycles. The molecule has 1 saturated heterocycles. The van der Waals surface area contributed by atoms with Crippen LogP contribution in [0, 0.1) is 0 Å². The summed E-state index contributed by atoms with van der Waals surface area (Å²) in [6.07, 6.45) is 6.02. The number of hydrogen-bond donors (Lipinski definition) is 1. The normalized spacial score (nSPS) is 21.4. The van der Waals surface area contributed by atoms with Gasteiger partial charge in [0.05, 0.1) is 7.11 Å². The number of rotatable bonds is 5. The lowest BCUT2D eigenvalue weighted by Crippen LogP contribution is -2.59. The average molecular weight is 388 g/mol. The molecule has 0 bridgehead atoms. The summed E-state index contributed by atoms with van der Waals surface area (Å²) in [6.45, 7) is 4.35. The van der Waals surface area contributed by atoms with Crippen LogP contribution in [-0.2, 0) is 4.79 Å². The summed E-state index contributed by atoms with van der Waals surface area (Å²) in [4.78, 5) is 29.7. The van der Waals surface area contributed by atoms with Crippen molar-refractivity contribution in [1.82, 2.24) is 15.1 Å². The predicted molar refractivity (Wildman–Crippen MR) is 110 cm³/mol. The highest BCUT2D eigenvalue weighted by Crippen LogP contribution is 2.38. The molecular weight excluding hydrogens is 354 g/mol. The summed E-state index contributed by atoms with van der Waals surface area (Å²) in [5.41, 5.74) is 1.79. The summed E-state index contributed by atoms with van der Waals surface area (Å²) < 4.78 is 5.59. The van der Waals surface area contributed by atoms with Crippen LogP contribution < -0.4 is 10.1 Å². The number of ether oxygens (including phenoxy) is 1. The molecule has 3 rings (SSSR count). The van der Waals surface area contributed by atoms with E-state index in [2.05, 4.69) is 10.2 Å². The highest BCUT2D eigenvalue weighted by Gasteiger charge is 2.34. The summed E-state index contributed by atoms with van der Waals surface area (Å²) in [7, 11) is 3.68. The lowest BCUT2D eigenvalue weighted by Gasteiger charge is -2.39. The number of nitrogens with zero attached hydrogens (tertiary/aromatic N) is 2. The van der Waals surface area contributed by atoms with Crippen LogP contribution in [0.15, 0.2) is 18.2 Å². The van der Waals surface area contributed by atoms with Gasteiger partial charge in [0, 0.05) is 31.7 Å². The monoisotopic (exact) mass is 387 g/mol. The number of carbonyl (C=O) groups is 2. The highest BCUT2D eigenvalue weighted by molar-refractivity contribution is 5.98. The van der Waals surface area contributed by atoms with Crippen LogP contribution in [0.4, 0.5) is 0 Å². The van der Waals surface area contributed by atoms with E-state index in [0.717, 1.165) is 30.7 Å². The molecule has 28 heavy (non-hydrogen) atoms. The number of methoxy groups -OCH3 is 1. The number of hydrogen-bond acceptors (Lipinski definition) is 4. The molecule has 1 atom stereocenters. The first kappa shape index (κ1) is 20.6. The van der Waals surface area contributed by atoms with Gasteiger partial charge in [0.1, 0.15) is 11.8 Å². The summed E-state index contributed by atoms with van der Waals surface area (Å²) >= 11 is 0. The highest BCUT2D eigenvalue weighted by atomic mass is 16.5. The number of carbonyl (C=O) groups excluding carboxylic acids is 2. The van der Waals surface area contributed by atoms with E-state index < -0.39 is 6.04 Å². The van der Waals surface area contributed by atoms with E-state index in [-0.39, 0.29) is 11.8 Å². The van der Waals surface area contributed by atoms with E-state index in [4.69, 9.17) is 4.74 Å². The third-order valence-electron chi connectivity index (χ3n) is 6.02. The van der Waals surface area contributed by atoms with Gasteiger partial charge in [-0.2, -0.15) is 0 Å². The van der Waals surface area contributed by atoms with E-state index in [0.29, 0.717) is 31.1 Å². The third-order valence-corrected chi connectivity index (χ3v) is 6.02. The van der Waals surface area contributed by atoms with Crippen molar-refractivity contribution in [1.29, 1.82) is 0 Å². The van der Waals surface area contributed by atoms with Crippen LogP contribution in [0.1, 0.15) is 60.9 Å². The van der Waals surface area contributed by atoms with Crippen LogP contribution in [-0.4, -0.2) is 68.0 Å². The Morgan fingerprint density at radius 1 is 1.18 bits per heavy atom. The van der Waals surface area contributed by atoms with E-state index in [1.54, 1.807) is 12.0 Å². The first-order valence-corrected chi connectivity index (χ1v) is 10.5. The van der Waals surface area contributed by atoms with Crippen LogP contribution in [0.3, 0.4) is 0 Å². The van der Waals surface area contributed by atoms with E-state index in [1.807, 2.05) is 32.2 Å². The molecule has 154 valence electrons. The van der Waals surface area contributed by atoms with Crippen molar-refractivity contribution < 1.29 is 14.3 Å². The molecule has 1 saturated carbocycles. The maximum absolute atomic E-state index is 13.3. The Morgan fingerprint density at radius 3 is 2.61 bits per heavy atom. The van der Waals surface area contributed by atoms with Gasteiger partial charge in [-0.1, -0.05) is 19.3 Å². The Hall–Kier alpha value is -2.08. The first-order valence-electron chi connectivity index (χ1n) is 10.5. The van der Waals surface area contributed by atoms with E-state index in [9.17, 15) is 9.59 Å². The minimum Gasteiger partial charge on any atom is -0.496 e. The molecule has 6 heteroatoms. The van der Waals surface area contributed by atoms with Gasteiger partial charge in [0.15, 0.2) is 0 Å². The van der Waals surface area contributed by atoms with Gasteiger partial charge in [-0.05, 0) is 56.5 Å². The number of likely N-dealkylation sites (N-methyl/N-ethyl adjacent to an activating group) is 2. The fourth-order valence-corrected chi connectivity index (χ4v) is 4.44. The molecule has 1 aromatic carbocycles. The quantitative estimate of drug-likeness (QED) is 0.844. The fourth-order valence-electron chi connectivity index (χ4n) is 4.44. The van der Waals surface area contributed by atoms with Crippen molar-refractivity contribution in [2.45, 2.75) is 51.0 Å². The zero-order chi connectivity index (χ0) is 20.1. The van der Waals surface area contributed by atoms with Crippen molar-refractivity contribution in [3.63, 3.8) is 0 Å². The largest absolute Gasteiger partial charge is 0.496 e. The fraction of sp³-hybridized carbons (Fsp3) is 0.636. The molecule has 0 spiro atoms. The molecule has 1 unspecified atom stereocenters. The van der Waals surface area contributed by atoms with Gasteiger partial charge >= 0.3 is 0 Å². The van der Waals surface area contributed by atoms with Gasteiger partial charge in [-0.15, -0.1) is 0 Å². The van der Waals surface area contributed by atoms with Crippen molar-refractivity contribution in [2.75, 3.05) is 40.3 Å². The van der Waals surface area contributed by atoms with E-state index >= 15 is 0 Å². The zero-order valence-electron chi connectivity index (χ0n) is 17.4. The number of piperazine rings is 1. The average Bonchev–Trinajstić information content (AvgIpc) is 2.73. The van der Waals surface area contributed by atoms with Crippen molar-refractivity contribution >= 4 is 11.8 Å².